The molecule has 180 valence electrons. The van der Waals surface area contributed by atoms with Crippen molar-refractivity contribution in [1.82, 2.24) is 14.9 Å². The number of nitrogens with two attached hydrogens (primary N) is 1. The molecular weight excluding hydrogens is 448 g/mol. The lowest BCUT2D eigenvalue weighted by molar-refractivity contribution is -0.116. The number of aromatic nitrogens is 2. The fourth-order valence-corrected chi connectivity index (χ4v) is 4.78. The average Bonchev–Trinajstić information content (AvgIpc) is 2.82. The first-order valence-electron chi connectivity index (χ1n) is 11.0. The van der Waals surface area contributed by atoms with Crippen LogP contribution in [0.2, 0.25) is 0 Å². The molecule has 0 radical (unpaired) electrons. The highest BCUT2D eigenvalue weighted by Gasteiger charge is 2.26. The Labute approximate surface area is 203 Å². The lowest BCUT2D eigenvalue weighted by atomic mass is 9.84. The Morgan fingerprint density at radius 3 is 2.56 bits per heavy atom. The van der Waals surface area contributed by atoms with Crippen LogP contribution >= 0.6 is 11.4 Å². The van der Waals surface area contributed by atoms with Gasteiger partial charge in [0.15, 0.2) is 0 Å². The number of nitrogens with zero attached hydrogens (tertiary/aromatic N) is 3. The number of hydrogen-bond acceptors (Lipinski definition) is 5. The Morgan fingerprint density at radius 1 is 1.21 bits per heavy atom. The van der Waals surface area contributed by atoms with Crippen molar-refractivity contribution in [1.29, 1.82) is 0 Å². The summed E-state index contributed by atoms with van der Waals surface area (Å²) in [6.45, 7) is 7.57. The van der Waals surface area contributed by atoms with E-state index in [1.807, 2.05) is 38.1 Å². The van der Waals surface area contributed by atoms with E-state index < -0.39 is 5.41 Å². The standard InChI is InChI=1S/C26H32N4O3S/c1-17(30(16-32)15-21-14-28-18(2)29-24(21)27)23(11-12-31)34-25(33)26(3,4)22-10-9-19-7-5-6-8-20(19)13-22/h5-10,13-14,16,31,33-34H,11-12,15H2,1-4H3,(H2,27,28,29)/b23-17-. The number of anilines is 1. The van der Waals surface area contributed by atoms with Gasteiger partial charge in [-0.15, -0.1) is 11.4 Å². The van der Waals surface area contributed by atoms with Crippen molar-refractivity contribution < 1.29 is 15.0 Å². The number of rotatable bonds is 9. The Kier molecular flexibility index (Phi) is 8.19. The Balaban J connectivity index is 1.97. The number of carbonyl (C=O) groups is 1. The number of aryl methyl sites for hydroxylation is 1. The van der Waals surface area contributed by atoms with E-state index in [4.69, 9.17) is 5.73 Å². The highest BCUT2D eigenvalue weighted by Crippen LogP contribution is 2.32. The zero-order chi connectivity index (χ0) is 24.9. The van der Waals surface area contributed by atoms with E-state index in [0.717, 1.165) is 21.2 Å². The topological polar surface area (TPSA) is 113 Å². The molecule has 7 nitrogen and oxygen atoms in total. The molecule has 3 rings (SSSR count). The van der Waals surface area contributed by atoms with Gasteiger partial charge in [0, 0.05) is 35.9 Å². The largest absolute Gasteiger partial charge is 0.396 e. The van der Waals surface area contributed by atoms with Crippen molar-refractivity contribution in [3.05, 3.63) is 76.2 Å². The van der Waals surface area contributed by atoms with E-state index in [1.54, 1.807) is 20.0 Å². The minimum Gasteiger partial charge on any atom is -0.396 e. The van der Waals surface area contributed by atoms with E-state index >= 15 is 0 Å². The predicted molar refractivity (Wildman–Crippen MR) is 141 cm³/mol. The van der Waals surface area contributed by atoms with Crippen molar-refractivity contribution in [2.75, 3.05) is 12.3 Å². The molecule has 1 heterocycles. The van der Waals surface area contributed by atoms with E-state index in [2.05, 4.69) is 28.2 Å². The number of thiol groups is 1. The van der Waals surface area contributed by atoms with Gasteiger partial charge in [-0.05, 0) is 48.9 Å². The van der Waals surface area contributed by atoms with Crippen molar-refractivity contribution in [2.45, 2.75) is 46.1 Å². The monoisotopic (exact) mass is 480 g/mol. The zero-order valence-electron chi connectivity index (χ0n) is 20.0. The van der Waals surface area contributed by atoms with Crippen LogP contribution in [0.4, 0.5) is 5.82 Å². The van der Waals surface area contributed by atoms with Gasteiger partial charge in [-0.1, -0.05) is 42.5 Å². The van der Waals surface area contributed by atoms with Gasteiger partial charge in [0.25, 0.3) is 0 Å². The van der Waals surface area contributed by atoms with Crippen LogP contribution in [0.15, 0.2) is 59.3 Å². The van der Waals surface area contributed by atoms with Crippen LogP contribution in [0.5, 0.6) is 0 Å². The summed E-state index contributed by atoms with van der Waals surface area (Å²) in [6.07, 6.45) is 2.64. The number of benzene rings is 2. The molecule has 0 spiro atoms. The summed E-state index contributed by atoms with van der Waals surface area (Å²) in [7, 11) is 0. The number of carbonyl (C=O) groups excluding carboxylic acids is 1. The van der Waals surface area contributed by atoms with Gasteiger partial charge >= 0.3 is 0 Å². The zero-order valence-corrected chi connectivity index (χ0v) is 20.9. The average molecular weight is 481 g/mol. The maximum Gasteiger partial charge on any atom is 0.214 e. The van der Waals surface area contributed by atoms with Gasteiger partial charge in [-0.2, -0.15) is 0 Å². The minimum absolute atomic E-state index is 0.105. The number of aliphatic hydroxyl groups is 2. The normalized spacial score (nSPS) is 13.3. The second kappa shape index (κ2) is 10.9. The summed E-state index contributed by atoms with van der Waals surface area (Å²) in [6, 6.07) is 14.3. The van der Waals surface area contributed by atoms with Crippen LogP contribution in [0.3, 0.4) is 0 Å². The molecule has 34 heavy (non-hydrogen) atoms. The first-order valence-corrected chi connectivity index (χ1v) is 11.9. The molecule has 2 aromatic carbocycles. The lowest BCUT2D eigenvalue weighted by Gasteiger charge is -2.27. The molecule has 0 fully saturated rings. The van der Waals surface area contributed by atoms with Gasteiger partial charge in [0.2, 0.25) is 6.41 Å². The number of hydrogen-bond donors (Lipinski definition) is 4. The molecule has 0 unspecified atom stereocenters. The Hall–Kier alpha value is -3.07. The number of aliphatic hydroxyl groups excluding tert-OH is 2. The third-order valence-electron chi connectivity index (χ3n) is 5.95. The van der Waals surface area contributed by atoms with Gasteiger partial charge in [0.05, 0.1) is 11.6 Å². The van der Waals surface area contributed by atoms with Crippen molar-refractivity contribution in [2.24, 2.45) is 0 Å². The first kappa shape index (κ1) is 25.6. The van der Waals surface area contributed by atoms with Gasteiger partial charge in [-0.25, -0.2) is 9.97 Å². The maximum atomic E-state index is 11.9. The van der Waals surface area contributed by atoms with Gasteiger partial charge in [0.1, 0.15) is 11.6 Å². The number of nitrogen functional groups attached to an aromatic ring is 1. The molecule has 0 aliphatic heterocycles. The Bertz CT molecular complexity index is 1250. The second-order valence-electron chi connectivity index (χ2n) is 8.69. The lowest BCUT2D eigenvalue weighted by Crippen LogP contribution is -2.28. The second-order valence-corrected chi connectivity index (χ2v) is 9.88. The summed E-state index contributed by atoms with van der Waals surface area (Å²) in [4.78, 5) is 22.5. The molecular formula is C26H32N4O3S. The molecule has 0 atom stereocenters. The molecule has 0 aliphatic carbocycles. The van der Waals surface area contributed by atoms with E-state index in [9.17, 15) is 15.0 Å². The molecule has 8 heteroatoms. The van der Waals surface area contributed by atoms with E-state index in [0.29, 0.717) is 47.1 Å². The SMILES string of the molecule is C/C(=C(CCO)/[SH]=C(\O)C(C)(C)c1ccc2ccccc2c1)N(C=O)Cc1cnc(C)nc1N. The number of allylic oxidation sites excluding steroid dienone is 1. The third-order valence-corrected chi connectivity index (χ3v) is 7.54. The van der Waals surface area contributed by atoms with Crippen LogP contribution in [-0.2, 0) is 16.8 Å². The molecule has 0 saturated carbocycles. The van der Waals surface area contributed by atoms with Crippen molar-refractivity contribution in [3.8, 4) is 0 Å². The fourth-order valence-electron chi connectivity index (χ4n) is 3.62. The quantitative estimate of drug-likeness (QED) is 0.207. The third kappa shape index (κ3) is 5.70. The summed E-state index contributed by atoms with van der Waals surface area (Å²) >= 11 is 0.546. The van der Waals surface area contributed by atoms with Crippen LogP contribution in [0, 0.1) is 6.92 Å². The molecule has 0 saturated heterocycles. The summed E-state index contributed by atoms with van der Waals surface area (Å²) in [5.74, 6) is 0.876. The molecule has 1 amide bonds. The molecule has 1 aromatic heterocycles. The van der Waals surface area contributed by atoms with Crippen LogP contribution in [0.25, 0.3) is 10.8 Å². The van der Waals surface area contributed by atoms with Crippen molar-refractivity contribution in [3.63, 3.8) is 0 Å². The minimum atomic E-state index is -0.645. The van der Waals surface area contributed by atoms with Gasteiger partial charge in [-0.3, -0.25) is 4.79 Å². The smallest absolute Gasteiger partial charge is 0.214 e. The molecule has 4 N–H and O–H groups in total. The van der Waals surface area contributed by atoms with Crippen LogP contribution in [0.1, 0.15) is 44.1 Å². The summed E-state index contributed by atoms with van der Waals surface area (Å²) < 4.78 is 0. The van der Waals surface area contributed by atoms with Crippen LogP contribution < -0.4 is 5.73 Å². The molecule has 0 bridgehead atoms. The summed E-state index contributed by atoms with van der Waals surface area (Å²) in [5, 5.41) is 23.4. The summed E-state index contributed by atoms with van der Waals surface area (Å²) in [5.41, 5.74) is 7.61. The molecule has 0 aliphatic rings. The number of fused-ring (bicyclic) bond motifs is 1. The van der Waals surface area contributed by atoms with E-state index in [1.165, 1.54) is 4.90 Å². The van der Waals surface area contributed by atoms with E-state index in [-0.39, 0.29) is 18.2 Å². The highest BCUT2D eigenvalue weighted by molar-refractivity contribution is 8.02. The van der Waals surface area contributed by atoms with Gasteiger partial charge < -0.3 is 20.8 Å². The highest BCUT2D eigenvalue weighted by atomic mass is 32.1. The maximum absolute atomic E-state index is 11.9. The Morgan fingerprint density at radius 2 is 1.91 bits per heavy atom. The number of amides is 1. The molecule has 3 aromatic rings. The van der Waals surface area contributed by atoms with Crippen LogP contribution in [-0.4, -0.2) is 43.1 Å². The predicted octanol–water partition coefficient (Wildman–Crippen LogP) is 4.22. The first-order chi connectivity index (χ1) is 16.2. The van der Waals surface area contributed by atoms with Crippen molar-refractivity contribution >= 4 is 39.4 Å². The fraction of sp³-hybridized carbons (Fsp3) is 0.308.